The van der Waals surface area contributed by atoms with Crippen LogP contribution in [0.4, 0.5) is 78.8 Å². The number of piperazine rings is 1. The highest BCUT2D eigenvalue weighted by Crippen LogP contribution is 2.30. The molecule has 13 nitrogen and oxygen atoms in total. The molecule has 0 atom stereocenters. The highest BCUT2D eigenvalue weighted by Gasteiger charge is 2.54. The zero-order valence-corrected chi connectivity index (χ0v) is 30.0. The Morgan fingerprint density at radius 2 is 1.47 bits per heavy atom. The quantitative estimate of drug-likeness (QED) is 0.107. The van der Waals surface area contributed by atoms with Gasteiger partial charge in [0.15, 0.2) is 5.82 Å². The van der Waals surface area contributed by atoms with E-state index in [1.54, 1.807) is 12.4 Å². The molecule has 58 heavy (non-hydrogen) atoms. The maximum atomic E-state index is 13.3. The van der Waals surface area contributed by atoms with E-state index in [1.165, 1.54) is 0 Å². The fourth-order valence-electron chi connectivity index (χ4n) is 5.20. The van der Waals surface area contributed by atoms with Crippen molar-refractivity contribution in [2.45, 2.75) is 31.4 Å². The van der Waals surface area contributed by atoms with Gasteiger partial charge < -0.3 is 25.8 Å². The topological polar surface area (TPSA) is 173 Å². The Balaban J connectivity index is 0.000000346. The predicted octanol–water partition coefficient (Wildman–Crippen LogP) is 7.33. The van der Waals surface area contributed by atoms with Crippen LogP contribution in [-0.2, 0) is 27.2 Å². The standard InChI is InChI=1S/C29H26ClN9O.C4F6O2.C2HF3O/c30-24-18-33-28-35-23-13-19(16-32-17-23)5-6-20-14-22(34-27(24)37-28)7-8-25(20)36-29(40)39-11-9-38(10-12-39)26-4-2-1-3-21(26)15-31;5-3(6,7)1(11)2(12)4(8,9)10;3-2(4,5)1-6/h1-4,7-8,13-14,16-18H,5-6,9-12H2,(H,36,40)(H2,33,34,35,37);;1H. The largest absolute Gasteiger partial charge is 0.458 e. The monoisotopic (exact) mass is 843 g/mol. The van der Waals surface area contributed by atoms with Crippen molar-refractivity contribution in [2.75, 3.05) is 47.0 Å². The average molecular weight is 844 g/mol. The molecular weight excluding hydrogens is 817 g/mol. The number of hydrogen-bond donors (Lipinski definition) is 3. The van der Waals surface area contributed by atoms with E-state index in [0.717, 1.165) is 40.3 Å². The number of aldehydes is 1. The Bertz CT molecular complexity index is 2160. The number of nitrogens with one attached hydrogen (secondary N) is 3. The molecule has 2 aromatic heterocycles. The van der Waals surface area contributed by atoms with Gasteiger partial charge in [-0.15, -0.1) is 0 Å². The fraction of sp³-hybridized carbons (Fsp3) is 0.257. The lowest BCUT2D eigenvalue weighted by atomic mass is 10.0. The molecule has 4 aromatic rings. The SMILES string of the molecule is N#Cc1ccccc1N1CCN(C(=O)Nc2ccc3cc2CCc2cncc(c2)Nc2ncc(Cl)c(n2)N3)CC1.O=C(C(=O)C(F)(F)F)C(F)(F)F.O=CC(F)(F)F. The lowest BCUT2D eigenvalue weighted by molar-refractivity contribution is -0.193. The first kappa shape index (κ1) is 44.2. The van der Waals surface area contributed by atoms with Crippen molar-refractivity contribution < 1.29 is 58.7 Å². The number of benzene rings is 2. The maximum Gasteiger partial charge on any atom is 0.458 e. The molecule has 2 aliphatic rings. The van der Waals surface area contributed by atoms with E-state index in [-0.39, 0.29) is 6.03 Å². The van der Waals surface area contributed by atoms with Crippen molar-refractivity contribution in [3.8, 4) is 6.07 Å². The number of alkyl halides is 9. The molecule has 6 rings (SSSR count). The molecule has 1 fully saturated rings. The summed E-state index contributed by atoms with van der Waals surface area (Å²) in [5, 5.41) is 19.4. The molecule has 4 heterocycles. The molecule has 0 saturated carbocycles. The zero-order chi connectivity index (χ0) is 42.8. The number of anilines is 6. The number of hydrogen-bond acceptors (Lipinski definition) is 11. The Morgan fingerprint density at radius 3 is 2.07 bits per heavy atom. The van der Waals surface area contributed by atoms with Gasteiger partial charge in [-0.05, 0) is 60.4 Å². The number of carbonyl (C=O) groups is 4. The van der Waals surface area contributed by atoms with Crippen molar-refractivity contribution in [3.63, 3.8) is 0 Å². The molecule has 0 aliphatic carbocycles. The van der Waals surface area contributed by atoms with E-state index < -0.39 is 36.4 Å². The number of rotatable bonds is 3. The third kappa shape index (κ3) is 12.5. The first-order chi connectivity index (χ1) is 27.2. The minimum Gasteiger partial charge on any atom is -0.367 e. The number of Topliss-reactive ketones (excluding diaryl/α,β-unsaturated/α-hetero) is 2. The second-order valence-electron chi connectivity index (χ2n) is 11.9. The van der Waals surface area contributed by atoms with E-state index in [2.05, 4.69) is 41.9 Å². The number of carbonyl (C=O) groups excluding carboxylic acids is 4. The number of pyridine rings is 1. The summed E-state index contributed by atoms with van der Waals surface area (Å²) in [5.41, 5.74) is 5.90. The van der Waals surface area contributed by atoms with Crippen molar-refractivity contribution in [1.82, 2.24) is 19.9 Å². The van der Waals surface area contributed by atoms with Crippen LogP contribution in [0.1, 0.15) is 16.7 Å². The summed E-state index contributed by atoms with van der Waals surface area (Å²) in [7, 11) is 0. The number of nitriles is 1. The molecule has 306 valence electrons. The normalized spacial score (nSPS) is 13.7. The second-order valence-corrected chi connectivity index (χ2v) is 12.3. The van der Waals surface area contributed by atoms with Gasteiger partial charge in [0.2, 0.25) is 12.2 Å². The third-order valence-corrected chi connectivity index (χ3v) is 8.15. The molecule has 0 unspecified atom stereocenters. The summed E-state index contributed by atoms with van der Waals surface area (Å²) < 4.78 is 98.2. The third-order valence-electron chi connectivity index (χ3n) is 7.87. The molecule has 2 aliphatic heterocycles. The minimum absolute atomic E-state index is 0.149. The number of para-hydroxylation sites is 1. The average Bonchev–Trinajstić information content (AvgIpc) is 3.18. The molecule has 6 bridgehead atoms. The first-order valence-corrected chi connectivity index (χ1v) is 16.8. The van der Waals surface area contributed by atoms with Crippen LogP contribution in [0.5, 0.6) is 0 Å². The van der Waals surface area contributed by atoms with E-state index in [9.17, 15) is 59.2 Å². The Kier molecular flexibility index (Phi) is 14.2. The maximum absolute atomic E-state index is 13.3. The number of aromatic nitrogens is 3. The Labute approximate surface area is 326 Å². The predicted molar refractivity (Wildman–Crippen MR) is 190 cm³/mol. The van der Waals surface area contributed by atoms with Gasteiger partial charge in [0.25, 0.3) is 0 Å². The van der Waals surface area contributed by atoms with Gasteiger partial charge in [-0.2, -0.15) is 49.8 Å². The van der Waals surface area contributed by atoms with Gasteiger partial charge in [-0.1, -0.05) is 23.7 Å². The number of halogens is 10. The van der Waals surface area contributed by atoms with Gasteiger partial charge in [0, 0.05) is 43.8 Å². The lowest BCUT2D eigenvalue weighted by Gasteiger charge is -2.36. The van der Waals surface area contributed by atoms with Gasteiger partial charge >= 0.3 is 36.1 Å². The molecule has 2 aromatic carbocycles. The van der Waals surface area contributed by atoms with Crippen LogP contribution in [0.25, 0.3) is 0 Å². The van der Waals surface area contributed by atoms with Crippen LogP contribution in [0.15, 0.2) is 67.1 Å². The minimum atomic E-state index is -5.77. The fourth-order valence-corrected chi connectivity index (χ4v) is 5.34. The zero-order valence-electron chi connectivity index (χ0n) is 29.3. The summed E-state index contributed by atoms with van der Waals surface area (Å²) in [6.45, 7) is 2.42. The number of fused-ring (bicyclic) bond motifs is 6. The number of aryl methyl sites for hydroxylation is 2. The molecule has 0 spiro atoms. The van der Waals surface area contributed by atoms with E-state index in [1.807, 2.05) is 59.6 Å². The number of amides is 2. The van der Waals surface area contributed by atoms with Crippen LogP contribution in [0.3, 0.4) is 0 Å². The highest BCUT2D eigenvalue weighted by molar-refractivity contribution is 6.41. The van der Waals surface area contributed by atoms with Crippen molar-refractivity contribution in [1.29, 1.82) is 5.26 Å². The van der Waals surface area contributed by atoms with Crippen LogP contribution in [-0.4, -0.2) is 88.4 Å². The van der Waals surface area contributed by atoms with E-state index in [0.29, 0.717) is 55.0 Å². The summed E-state index contributed by atoms with van der Waals surface area (Å²) in [6.07, 6.45) is -10.7. The Hall–Kier alpha value is -6.50. The molecular formula is C35H27ClF9N9O4. The number of ketones is 2. The molecule has 23 heteroatoms. The second kappa shape index (κ2) is 18.6. The Morgan fingerprint density at radius 1 is 0.828 bits per heavy atom. The summed E-state index contributed by atoms with van der Waals surface area (Å²) in [4.78, 5) is 58.4. The molecule has 0 radical (unpaired) electrons. The van der Waals surface area contributed by atoms with Gasteiger partial charge in [0.1, 0.15) is 11.1 Å². The van der Waals surface area contributed by atoms with Crippen LogP contribution < -0.4 is 20.9 Å². The summed E-state index contributed by atoms with van der Waals surface area (Å²) in [5.74, 6) is -5.93. The van der Waals surface area contributed by atoms with Crippen LogP contribution in [0.2, 0.25) is 5.02 Å². The molecule has 3 N–H and O–H groups in total. The van der Waals surface area contributed by atoms with Crippen LogP contribution >= 0.6 is 11.6 Å². The van der Waals surface area contributed by atoms with E-state index in [4.69, 9.17) is 16.4 Å². The number of nitrogens with zero attached hydrogens (tertiary/aromatic N) is 6. The van der Waals surface area contributed by atoms with Crippen molar-refractivity contribution in [3.05, 3.63) is 88.8 Å². The smallest absolute Gasteiger partial charge is 0.367 e. The van der Waals surface area contributed by atoms with E-state index >= 15 is 0 Å². The van der Waals surface area contributed by atoms with Gasteiger partial charge in [0.05, 0.1) is 29.3 Å². The van der Waals surface area contributed by atoms with Crippen molar-refractivity contribution >= 4 is 70.0 Å². The van der Waals surface area contributed by atoms with Crippen molar-refractivity contribution in [2.24, 2.45) is 0 Å². The molecule has 2 amide bonds. The van der Waals surface area contributed by atoms with Gasteiger partial charge in [-0.3, -0.25) is 19.4 Å². The first-order valence-electron chi connectivity index (χ1n) is 16.4. The van der Waals surface area contributed by atoms with Gasteiger partial charge in [-0.25, -0.2) is 9.78 Å². The highest BCUT2D eigenvalue weighted by atomic mass is 35.5. The summed E-state index contributed by atoms with van der Waals surface area (Å²) in [6, 6.07) is 17.5. The number of urea groups is 1. The van der Waals surface area contributed by atoms with Crippen LogP contribution in [0, 0.1) is 11.3 Å². The summed E-state index contributed by atoms with van der Waals surface area (Å²) >= 11 is 6.38. The lowest BCUT2D eigenvalue weighted by Crippen LogP contribution is -2.50. The molecule has 1 saturated heterocycles.